The highest BCUT2D eigenvalue weighted by atomic mass is 15.2. The third kappa shape index (κ3) is 2.25. The Kier molecular flexibility index (Phi) is 3.04. The summed E-state index contributed by atoms with van der Waals surface area (Å²) in [5.41, 5.74) is 9.00. The molecule has 0 aliphatic carbocycles. The molecule has 2 rings (SSSR count). The van der Waals surface area contributed by atoms with Crippen LogP contribution in [0.15, 0.2) is 30.6 Å². The number of hydrogen-bond acceptors (Lipinski definition) is 3. The first kappa shape index (κ1) is 11.5. The second-order valence-electron chi connectivity index (χ2n) is 4.30. The summed E-state index contributed by atoms with van der Waals surface area (Å²) >= 11 is 0. The highest BCUT2D eigenvalue weighted by Gasteiger charge is 2.09. The molecule has 0 spiro atoms. The summed E-state index contributed by atoms with van der Waals surface area (Å²) in [4.78, 5) is 6.48. The molecule has 0 aliphatic heterocycles. The summed E-state index contributed by atoms with van der Waals surface area (Å²) in [5, 5.41) is 0. The van der Waals surface area contributed by atoms with Crippen molar-refractivity contribution in [1.29, 1.82) is 0 Å². The number of benzene rings is 1. The van der Waals surface area contributed by atoms with Crippen LogP contribution in [0.2, 0.25) is 0 Å². The maximum atomic E-state index is 5.91. The molecular formula is C13H18N4. The van der Waals surface area contributed by atoms with Gasteiger partial charge in [0.25, 0.3) is 0 Å². The van der Waals surface area contributed by atoms with Gasteiger partial charge in [-0.1, -0.05) is 6.07 Å². The number of imidazole rings is 1. The Morgan fingerprint density at radius 2 is 2.18 bits per heavy atom. The van der Waals surface area contributed by atoms with E-state index in [1.807, 2.05) is 43.1 Å². The molecule has 0 bridgehead atoms. The zero-order valence-electron chi connectivity index (χ0n) is 10.5. The van der Waals surface area contributed by atoms with E-state index in [9.17, 15) is 0 Å². The van der Waals surface area contributed by atoms with Crippen LogP contribution in [-0.2, 0) is 13.6 Å². The lowest BCUT2D eigenvalue weighted by atomic mass is 10.1. The quantitative estimate of drug-likeness (QED) is 0.820. The van der Waals surface area contributed by atoms with Crippen molar-refractivity contribution < 1.29 is 0 Å². The van der Waals surface area contributed by atoms with E-state index in [0.29, 0.717) is 0 Å². The van der Waals surface area contributed by atoms with Crippen molar-refractivity contribution in [2.45, 2.75) is 13.5 Å². The van der Waals surface area contributed by atoms with Gasteiger partial charge in [-0.25, -0.2) is 4.98 Å². The van der Waals surface area contributed by atoms with Crippen molar-refractivity contribution in [3.8, 4) is 0 Å². The van der Waals surface area contributed by atoms with Gasteiger partial charge in [0.2, 0.25) is 0 Å². The normalized spacial score (nSPS) is 10.5. The first-order valence-electron chi connectivity index (χ1n) is 5.62. The average Bonchev–Trinajstić information content (AvgIpc) is 2.68. The monoisotopic (exact) mass is 230 g/mol. The molecule has 0 amide bonds. The summed E-state index contributed by atoms with van der Waals surface area (Å²) in [6, 6.07) is 5.98. The lowest BCUT2D eigenvalue weighted by molar-refractivity contribution is 0.760. The van der Waals surface area contributed by atoms with Crippen molar-refractivity contribution >= 4 is 11.4 Å². The molecule has 17 heavy (non-hydrogen) atoms. The SMILES string of the molecule is Cc1c(N)cccc1N(C)Cc1nccn1C. The molecule has 90 valence electrons. The summed E-state index contributed by atoms with van der Waals surface area (Å²) in [6.07, 6.45) is 3.77. The number of anilines is 2. The fourth-order valence-corrected chi connectivity index (χ4v) is 1.90. The van der Waals surface area contributed by atoms with Gasteiger partial charge in [-0.05, 0) is 24.6 Å². The van der Waals surface area contributed by atoms with Crippen LogP contribution in [0.25, 0.3) is 0 Å². The zero-order valence-corrected chi connectivity index (χ0v) is 10.5. The number of aryl methyl sites for hydroxylation is 1. The standard InChI is InChI=1S/C13H18N4/c1-10-11(14)5-4-6-12(10)17(3)9-13-15-7-8-16(13)2/h4-8H,9,14H2,1-3H3. The van der Waals surface area contributed by atoms with Crippen LogP contribution < -0.4 is 10.6 Å². The third-order valence-corrected chi connectivity index (χ3v) is 3.06. The maximum Gasteiger partial charge on any atom is 0.127 e. The lowest BCUT2D eigenvalue weighted by Crippen LogP contribution is -2.20. The van der Waals surface area contributed by atoms with E-state index in [1.54, 1.807) is 0 Å². The highest BCUT2D eigenvalue weighted by Crippen LogP contribution is 2.24. The van der Waals surface area contributed by atoms with Gasteiger partial charge in [-0.3, -0.25) is 0 Å². The Bertz CT molecular complexity index is 516. The van der Waals surface area contributed by atoms with Crippen LogP contribution >= 0.6 is 0 Å². The topological polar surface area (TPSA) is 47.1 Å². The van der Waals surface area contributed by atoms with E-state index in [1.165, 1.54) is 0 Å². The minimum absolute atomic E-state index is 0.772. The fourth-order valence-electron chi connectivity index (χ4n) is 1.90. The molecule has 1 heterocycles. The summed E-state index contributed by atoms with van der Waals surface area (Å²) in [6.45, 7) is 2.81. The van der Waals surface area contributed by atoms with E-state index in [0.717, 1.165) is 29.3 Å². The molecule has 0 unspecified atom stereocenters. The van der Waals surface area contributed by atoms with Gasteiger partial charge < -0.3 is 15.2 Å². The second-order valence-corrected chi connectivity index (χ2v) is 4.30. The average molecular weight is 230 g/mol. The van der Waals surface area contributed by atoms with Crippen LogP contribution in [0.4, 0.5) is 11.4 Å². The van der Waals surface area contributed by atoms with Gasteiger partial charge in [0, 0.05) is 37.9 Å². The van der Waals surface area contributed by atoms with Crippen molar-refractivity contribution in [1.82, 2.24) is 9.55 Å². The van der Waals surface area contributed by atoms with Crippen molar-refractivity contribution in [3.05, 3.63) is 42.0 Å². The largest absolute Gasteiger partial charge is 0.398 e. The van der Waals surface area contributed by atoms with Gasteiger partial charge >= 0.3 is 0 Å². The molecule has 0 fully saturated rings. The molecule has 1 aromatic carbocycles. The summed E-state index contributed by atoms with van der Waals surface area (Å²) < 4.78 is 2.03. The summed E-state index contributed by atoms with van der Waals surface area (Å²) in [7, 11) is 4.05. The molecule has 0 aliphatic rings. The second kappa shape index (κ2) is 4.49. The Hall–Kier alpha value is -1.97. The highest BCUT2D eigenvalue weighted by molar-refractivity contribution is 5.63. The predicted molar refractivity (Wildman–Crippen MR) is 70.9 cm³/mol. The minimum Gasteiger partial charge on any atom is -0.398 e. The molecule has 4 nitrogen and oxygen atoms in total. The number of hydrogen-bond donors (Lipinski definition) is 1. The first-order valence-corrected chi connectivity index (χ1v) is 5.62. The molecule has 0 saturated heterocycles. The van der Waals surface area contributed by atoms with Gasteiger partial charge in [-0.2, -0.15) is 0 Å². The van der Waals surface area contributed by atoms with Crippen LogP contribution in [0.5, 0.6) is 0 Å². The van der Waals surface area contributed by atoms with Gasteiger partial charge in [0.15, 0.2) is 0 Å². The fraction of sp³-hybridized carbons (Fsp3) is 0.308. The van der Waals surface area contributed by atoms with E-state index >= 15 is 0 Å². The lowest BCUT2D eigenvalue weighted by Gasteiger charge is -2.21. The van der Waals surface area contributed by atoms with Crippen molar-refractivity contribution in [2.75, 3.05) is 17.7 Å². The van der Waals surface area contributed by atoms with Crippen LogP contribution in [0.3, 0.4) is 0 Å². The molecule has 0 atom stereocenters. The Balaban J connectivity index is 2.23. The number of aromatic nitrogens is 2. The molecular weight excluding hydrogens is 212 g/mol. The minimum atomic E-state index is 0.772. The molecule has 2 aromatic rings. The Morgan fingerprint density at radius 3 is 2.82 bits per heavy atom. The molecule has 0 radical (unpaired) electrons. The van der Waals surface area contributed by atoms with Gasteiger partial charge in [0.05, 0.1) is 6.54 Å². The van der Waals surface area contributed by atoms with Crippen LogP contribution in [0.1, 0.15) is 11.4 Å². The smallest absolute Gasteiger partial charge is 0.127 e. The zero-order chi connectivity index (χ0) is 12.4. The predicted octanol–water partition coefficient (Wildman–Crippen LogP) is 1.95. The van der Waals surface area contributed by atoms with E-state index < -0.39 is 0 Å². The van der Waals surface area contributed by atoms with Gasteiger partial charge in [0.1, 0.15) is 5.82 Å². The number of nitrogen functional groups attached to an aromatic ring is 1. The Morgan fingerprint density at radius 1 is 1.41 bits per heavy atom. The number of rotatable bonds is 3. The van der Waals surface area contributed by atoms with Gasteiger partial charge in [-0.15, -0.1) is 0 Å². The maximum absolute atomic E-state index is 5.91. The first-order chi connectivity index (χ1) is 8.09. The van der Waals surface area contributed by atoms with Crippen molar-refractivity contribution in [2.24, 2.45) is 7.05 Å². The van der Waals surface area contributed by atoms with E-state index in [4.69, 9.17) is 5.73 Å². The molecule has 2 N–H and O–H groups in total. The molecule has 0 saturated carbocycles. The molecule has 4 heteroatoms. The van der Waals surface area contributed by atoms with Crippen LogP contribution in [-0.4, -0.2) is 16.6 Å². The Labute approximate surface area is 102 Å². The number of nitrogens with zero attached hydrogens (tertiary/aromatic N) is 3. The van der Waals surface area contributed by atoms with Crippen molar-refractivity contribution in [3.63, 3.8) is 0 Å². The summed E-state index contributed by atoms with van der Waals surface area (Å²) in [5.74, 6) is 1.04. The number of nitrogens with two attached hydrogens (primary N) is 1. The van der Waals surface area contributed by atoms with E-state index in [2.05, 4.69) is 23.0 Å². The molecule has 1 aromatic heterocycles. The third-order valence-electron chi connectivity index (χ3n) is 3.06. The van der Waals surface area contributed by atoms with E-state index in [-0.39, 0.29) is 0 Å². The van der Waals surface area contributed by atoms with Crippen LogP contribution in [0, 0.1) is 6.92 Å².